The van der Waals surface area contributed by atoms with Crippen molar-refractivity contribution in [3.8, 4) is 17.6 Å². The molecular formula is C10H9NO2. The molecule has 0 radical (unpaired) electrons. The van der Waals surface area contributed by atoms with Crippen LogP contribution in [0.25, 0.3) is 6.08 Å². The van der Waals surface area contributed by atoms with Crippen LogP contribution in [0, 0.1) is 18.3 Å². The van der Waals surface area contributed by atoms with Gasteiger partial charge in [-0.3, -0.25) is 0 Å². The van der Waals surface area contributed by atoms with E-state index in [9.17, 15) is 10.2 Å². The second-order valence-corrected chi connectivity index (χ2v) is 2.64. The summed E-state index contributed by atoms with van der Waals surface area (Å²) in [6, 6.07) is 3.00. The molecule has 0 fully saturated rings. The minimum absolute atomic E-state index is 0.0657. The fourth-order valence-corrected chi connectivity index (χ4v) is 1.20. The Morgan fingerprint density at radius 1 is 1.46 bits per heavy atom. The van der Waals surface area contributed by atoms with Crippen LogP contribution in [0.15, 0.2) is 12.6 Å². The van der Waals surface area contributed by atoms with E-state index in [1.807, 2.05) is 6.07 Å². The summed E-state index contributed by atoms with van der Waals surface area (Å²) in [5, 5.41) is 27.3. The molecule has 3 heteroatoms. The maximum Gasteiger partial charge on any atom is 0.137 e. The van der Waals surface area contributed by atoms with Crippen molar-refractivity contribution < 1.29 is 10.2 Å². The lowest BCUT2D eigenvalue weighted by Gasteiger charge is -2.06. The highest BCUT2D eigenvalue weighted by Crippen LogP contribution is 2.31. The van der Waals surface area contributed by atoms with E-state index in [2.05, 4.69) is 6.58 Å². The van der Waals surface area contributed by atoms with Gasteiger partial charge in [0.2, 0.25) is 0 Å². The lowest BCUT2D eigenvalue weighted by Crippen LogP contribution is -1.88. The number of rotatable bonds is 1. The molecule has 0 aliphatic heterocycles. The Balaban J connectivity index is 3.60. The molecule has 13 heavy (non-hydrogen) atoms. The van der Waals surface area contributed by atoms with E-state index in [4.69, 9.17) is 5.26 Å². The molecule has 0 bridgehead atoms. The Bertz CT molecular complexity index is 402. The van der Waals surface area contributed by atoms with Crippen LogP contribution in [0.3, 0.4) is 0 Å². The smallest absolute Gasteiger partial charge is 0.137 e. The highest BCUT2D eigenvalue weighted by molar-refractivity contribution is 5.66. The van der Waals surface area contributed by atoms with E-state index >= 15 is 0 Å². The second kappa shape index (κ2) is 3.20. The number of phenolic OH excluding ortho intramolecular Hbond substituents is 2. The number of aromatic hydroxyl groups is 2. The van der Waals surface area contributed by atoms with Gasteiger partial charge in [-0.1, -0.05) is 12.7 Å². The topological polar surface area (TPSA) is 64.2 Å². The van der Waals surface area contributed by atoms with Crippen LogP contribution in [0.5, 0.6) is 11.5 Å². The van der Waals surface area contributed by atoms with Crippen molar-refractivity contribution >= 4 is 6.08 Å². The number of benzene rings is 1. The van der Waals surface area contributed by atoms with Gasteiger partial charge in [0.25, 0.3) is 0 Å². The molecule has 0 unspecified atom stereocenters. The molecule has 1 aromatic rings. The number of hydrogen-bond donors (Lipinski definition) is 2. The minimum Gasteiger partial charge on any atom is -0.507 e. The summed E-state index contributed by atoms with van der Waals surface area (Å²) in [7, 11) is 0. The third-order valence-corrected chi connectivity index (χ3v) is 1.90. The largest absolute Gasteiger partial charge is 0.507 e. The minimum atomic E-state index is -0.205. The van der Waals surface area contributed by atoms with E-state index in [0.29, 0.717) is 11.1 Å². The van der Waals surface area contributed by atoms with Crippen molar-refractivity contribution in [2.24, 2.45) is 0 Å². The molecular weight excluding hydrogens is 166 g/mol. The molecule has 0 aromatic heterocycles. The van der Waals surface area contributed by atoms with Crippen molar-refractivity contribution in [1.82, 2.24) is 0 Å². The predicted octanol–water partition coefficient (Wildman–Crippen LogP) is 1.92. The zero-order valence-corrected chi connectivity index (χ0v) is 7.20. The van der Waals surface area contributed by atoms with Gasteiger partial charge in [-0.25, -0.2) is 0 Å². The average molecular weight is 175 g/mol. The van der Waals surface area contributed by atoms with Crippen LogP contribution in [-0.4, -0.2) is 10.2 Å². The maximum absolute atomic E-state index is 9.35. The number of nitrogens with zero attached hydrogens (tertiary/aromatic N) is 1. The van der Waals surface area contributed by atoms with Gasteiger partial charge in [0.05, 0.1) is 5.56 Å². The molecule has 1 aromatic carbocycles. The summed E-state index contributed by atoms with van der Waals surface area (Å²) in [6.45, 7) is 5.15. The Morgan fingerprint density at radius 2 is 2.08 bits per heavy atom. The van der Waals surface area contributed by atoms with Gasteiger partial charge in [-0.2, -0.15) is 5.26 Å². The third-order valence-electron chi connectivity index (χ3n) is 1.90. The molecule has 1 rings (SSSR count). The Morgan fingerprint density at radius 3 is 2.54 bits per heavy atom. The summed E-state index contributed by atoms with van der Waals surface area (Å²) in [4.78, 5) is 0. The summed E-state index contributed by atoms with van der Waals surface area (Å²) < 4.78 is 0. The molecule has 0 aliphatic rings. The molecule has 0 heterocycles. The van der Waals surface area contributed by atoms with Gasteiger partial charge in [0.15, 0.2) is 0 Å². The first-order valence-corrected chi connectivity index (χ1v) is 3.70. The third kappa shape index (κ3) is 1.34. The Hall–Kier alpha value is -1.95. The lowest BCUT2D eigenvalue weighted by atomic mass is 10.0. The fraction of sp³-hybridized carbons (Fsp3) is 0.100. The summed E-state index contributed by atoms with van der Waals surface area (Å²) in [6.07, 6.45) is 1.45. The predicted molar refractivity (Wildman–Crippen MR) is 49.3 cm³/mol. The first-order valence-electron chi connectivity index (χ1n) is 3.70. The molecule has 3 nitrogen and oxygen atoms in total. The molecule has 0 spiro atoms. The number of nitriles is 1. The normalized spacial score (nSPS) is 9.23. The van der Waals surface area contributed by atoms with Crippen LogP contribution in [0.2, 0.25) is 0 Å². The standard InChI is InChI=1S/C10H9NO2/c1-3-7-6(2)8(5-11)10(13)4-9(7)12/h3-4,12-13H,1H2,2H3. The van der Waals surface area contributed by atoms with Crippen LogP contribution < -0.4 is 0 Å². The summed E-state index contributed by atoms with van der Waals surface area (Å²) >= 11 is 0. The van der Waals surface area contributed by atoms with E-state index in [0.717, 1.165) is 6.07 Å². The first kappa shape index (κ1) is 9.14. The molecule has 0 aliphatic carbocycles. The van der Waals surface area contributed by atoms with Crippen molar-refractivity contribution in [3.05, 3.63) is 29.3 Å². The lowest BCUT2D eigenvalue weighted by molar-refractivity contribution is 0.448. The molecule has 2 N–H and O–H groups in total. The first-order chi connectivity index (χ1) is 6.11. The van der Waals surface area contributed by atoms with E-state index < -0.39 is 0 Å². The van der Waals surface area contributed by atoms with Gasteiger partial charge in [0, 0.05) is 11.6 Å². The molecule has 66 valence electrons. The number of phenols is 2. The Labute approximate surface area is 76.2 Å². The highest BCUT2D eigenvalue weighted by atomic mass is 16.3. The fourth-order valence-electron chi connectivity index (χ4n) is 1.20. The van der Waals surface area contributed by atoms with E-state index in [1.165, 1.54) is 6.08 Å². The number of hydrogen-bond acceptors (Lipinski definition) is 3. The van der Waals surface area contributed by atoms with Crippen molar-refractivity contribution in [2.45, 2.75) is 6.92 Å². The SMILES string of the molecule is C=Cc1c(O)cc(O)c(C#N)c1C. The van der Waals surface area contributed by atoms with Gasteiger partial charge in [0.1, 0.15) is 17.6 Å². The zero-order chi connectivity index (χ0) is 10.0. The van der Waals surface area contributed by atoms with Gasteiger partial charge < -0.3 is 10.2 Å². The van der Waals surface area contributed by atoms with Gasteiger partial charge in [-0.15, -0.1) is 0 Å². The monoisotopic (exact) mass is 175 g/mol. The van der Waals surface area contributed by atoms with E-state index in [1.54, 1.807) is 6.92 Å². The quantitative estimate of drug-likeness (QED) is 0.685. The summed E-state index contributed by atoms with van der Waals surface area (Å²) in [5.41, 5.74) is 1.19. The van der Waals surface area contributed by atoms with Gasteiger partial charge >= 0.3 is 0 Å². The van der Waals surface area contributed by atoms with Crippen molar-refractivity contribution in [1.29, 1.82) is 5.26 Å². The molecule has 0 amide bonds. The average Bonchev–Trinajstić information content (AvgIpc) is 2.04. The maximum atomic E-state index is 9.35. The molecule has 0 atom stereocenters. The molecule has 0 saturated carbocycles. The van der Waals surface area contributed by atoms with E-state index in [-0.39, 0.29) is 17.1 Å². The highest BCUT2D eigenvalue weighted by Gasteiger charge is 2.11. The van der Waals surface area contributed by atoms with Gasteiger partial charge in [-0.05, 0) is 12.5 Å². The van der Waals surface area contributed by atoms with Crippen molar-refractivity contribution in [3.63, 3.8) is 0 Å². The van der Waals surface area contributed by atoms with Crippen LogP contribution >= 0.6 is 0 Å². The Kier molecular flexibility index (Phi) is 2.25. The van der Waals surface area contributed by atoms with Crippen LogP contribution in [0.4, 0.5) is 0 Å². The zero-order valence-electron chi connectivity index (χ0n) is 7.20. The summed E-state index contributed by atoms with van der Waals surface area (Å²) in [5.74, 6) is -0.271. The second-order valence-electron chi connectivity index (χ2n) is 2.64. The molecule has 0 saturated heterocycles. The van der Waals surface area contributed by atoms with Crippen molar-refractivity contribution in [2.75, 3.05) is 0 Å². The van der Waals surface area contributed by atoms with Crippen LogP contribution in [-0.2, 0) is 0 Å². The van der Waals surface area contributed by atoms with Crippen LogP contribution in [0.1, 0.15) is 16.7 Å².